The van der Waals surface area contributed by atoms with Crippen molar-refractivity contribution in [3.05, 3.63) is 47.2 Å². The predicted molar refractivity (Wildman–Crippen MR) is 87.8 cm³/mol. The number of nitrogens with zero attached hydrogens (tertiary/aromatic N) is 4. The maximum atomic E-state index is 5.43. The van der Waals surface area contributed by atoms with E-state index in [0.717, 1.165) is 54.5 Å². The van der Waals surface area contributed by atoms with Crippen LogP contribution in [0.3, 0.4) is 0 Å². The van der Waals surface area contributed by atoms with Crippen LogP contribution in [0.5, 0.6) is 0 Å². The van der Waals surface area contributed by atoms with E-state index in [2.05, 4.69) is 20.3 Å². The van der Waals surface area contributed by atoms with Crippen LogP contribution in [-0.4, -0.2) is 39.9 Å². The van der Waals surface area contributed by atoms with Crippen LogP contribution in [0.4, 0.5) is 5.82 Å². The maximum absolute atomic E-state index is 5.43. The second-order valence-electron chi connectivity index (χ2n) is 5.93. The summed E-state index contributed by atoms with van der Waals surface area (Å²) in [6.07, 6.45) is 5.45. The van der Waals surface area contributed by atoms with Crippen LogP contribution in [-0.2, 0) is 11.3 Å². The third-order valence-electron chi connectivity index (χ3n) is 4.29. The van der Waals surface area contributed by atoms with Gasteiger partial charge in [0, 0.05) is 36.7 Å². The van der Waals surface area contributed by atoms with Gasteiger partial charge in [-0.1, -0.05) is 0 Å². The molecule has 2 aromatic rings. The summed E-state index contributed by atoms with van der Waals surface area (Å²) in [5, 5.41) is 3.58. The molecule has 0 amide bonds. The van der Waals surface area contributed by atoms with Crippen LogP contribution >= 0.6 is 0 Å². The first-order valence-electron chi connectivity index (χ1n) is 7.97. The molecule has 0 atom stereocenters. The van der Waals surface area contributed by atoms with Gasteiger partial charge in [-0.15, -0.1) is 0 Å². The standard InChI is InChI=1S/C17H19N5O/c1-11-8-14(21-10-20-11)16-15-12(9-19-16)2-5-18-17(15)22-13-3-6-23-7-4-13/h2,5,8,10,13H,3-4,6-7,9H2,1H3,(H,18,22). The highest BCUT2D eigenvalue weighted by Crippen LogP contribution is 2.28. The van der Waals surface area contributed by atoms with Gasteiger partial charge >= 0.3 is 0 Å². The molecular formula is C17H19N5O. The minimum atomic E-state index is 0.400. The van der Waals surface area contributed by atoms with Gasteiger partial charge in [0.2, 0.25) is 0 Å². The molecule has 0 bridgehead atoms. The zero-order valence-electron chi connectivity index (χ0n) is 13.1. The monoisotopic (exact) mass is 309 g/mol. The van der Waals surface area contributed by atoms with Gasteiger partial charge in [-0.3, -0.25) is 4.99 Å². The first-order chi connectivity index (χ1) is 11.3. The molecule has 0 saturated carbocycles. The van der Waals surface area contributed by atoms with Crippen LogP contribution in [0.2, 0.25) is 0 Å². The molecule has 0 aromatic carbocycles. The van der Waals surface area contributed by atoms with Crippen molar-refractivity contribution >= 4 is 11.5 Å². The number of ether oxygens (including phenoxy) is 1. The van der Waals surface area contributed by atoms with E-state index in [4.69, 9.17) is 9.73 Å². The number of aryl methyl sites for hydroxylation is 1. The predicted octanol–water partition coefficient (Wildman–Crippen LogP) is 2.12. The fraction of sp³-hybridized carbons (Fsp3) is 0.412. The number of fused-ring (bicyclic) bond motifs is 1. The van der Waals surface area contributed by atoms with E-state index in [9.17, 15) is 0 Å². The summed E-state index contributed by atoms with van der Waals surface area (Å²) in [6, 6.07) is 4.41. The fourth-order valence-corrected chi connectivity index (χ4v) is 3.08. The Balaban J connectivity index is 1.68. The van der Waals surface area contributed by atoms with E-state index in [-0.39, 0.29) is 0 Å². The second-order valence-corrected chi connectivity index (χ2v) is 5.93. The average molecular weight is 309 g/mol. The second kappa shape index (κ2) is 6.04. The number of aliphatic imine (C=N–C) groups is 1. The summed E-state index contributed by atoms with van der Waals surface area (Å²) in [5.74, 6) is 0.905. The number of nitrogens with one attached hydrogen (secondary N) is 1. The van der Waals surface area contributed by atoms with E-state index >= 15 is 0 Å². The molecule has 1 fully saturated rings. The molecule has 2 aliphatic heterocycles. The van der Waals surface area contributed by atoms with E-state index in [1.54, 1.807) is 6.33 Å². The maximum Gasteiger partial charge on any atom is 0.136 e. The number of hydrogen-bond acceptors (Lipinski definition) is 6. The third kappa shape index (κ3) is 2.82. The molecule has 4 heterocycles. The number of pyridine rings is 1. The molecule has 118 valence electrons. The van der Waals surface area contributed by atoms with E-state index < -0.39 is 0 Å². The first kappa shape index (κ1) is 14.3. The van der Waals surface area contributed by atoms with Gasteiger partial charge in [0.1, 0.15) is 12.1 Å². The summed E-state index contributed by atoms with van der Waals surface area (Å²) in [5.41, 5.74) is 4.99. The van der Waals surface area contributed by atoms with Gasteiger partial charge in [0.25, 0.3) is 0 Å². The van der Waals surface area contributed by atoms with Crippen LogP contribution < -0.4 is 5.32 Å². The Morgan fingerprint density at radius 1 is 1.17 bits per heavy atom. The highest BCUT2D eigenvalue weighted by Gasteiger charge is 2.25. The molecule has 0 unspecified atom stereocenters. The summed E-state index contributed by atoms with van der Waals surface area (Å²) in [7, 11) is 0. The number of rotatable bonds is 3. The summed E-state index contributed by atoms with van der Waals surface area (Å²) >= 11 is 0. The smallest absolute Gasteiger partial charge is 0.136 e. The zero-order chi connectivity index (χ0) is 15.6. The lowest BCUT2D eigenvalue weighted by atomic mass is 10.0. The SMILES string of the molecule is Cc1cc(C2=NCc3ccnc(NC4CCOCC4)c32)ncn1. The first-order valence-corrected chi connectivity index (χ1v) is 7.97. The lowest BCUT2D eigenvalue weighted by molar-refractivity contribution is 0.0904. The Bertz CT molecular complexity index is 752. The molecule has 0 spiro atoms. The van der Waals surface area contributed by atoms with Crippen molar-refractivity contribution in [1.82, 2.24) is 15.0 Å². The summed E-state index contributed by atoms with van der Waals surface area (Å²) in [4.78, 5) is 17.8. The van der Waals surface area contributed by atoms with Gasteiger partial charge in [0.15, 0.2) is 0 Å². The Morgan fingerprint density at radius 2 is 2.04 bits per heavy atom. The quantitative estimate of drug-likeness (QED) is 0.940. The Morgan fingerprint density at radius 3 is 2.87 bits per heavy atom. The molecule has 1 N–H and O–H groups in total. The van der Waals surface area contributed by atoms with Crippen LogP contribution in [0.1, 0.15) is 35.4 Å². The average Bonchev–Trinajstić information content (AvgIpc) is 3.01. The Labute approximate surface area is 135 Å². The molecule has 0 radical (unpaired) electrons. The van der Waals surface area contributed by atoms with E-state index in [1.807, 2.05) is 25.3 Å². The molecule has 6 heteroatoms. The van der Waals surface area contributed by atoms with Crippen LogP contribution in [0, 0.1) is 6.92 Å². The summed E-state index contributed by atoms with van der Waals surface area (Å²) in [6.45, 7) is 4.25. The molecule has 2 aromatic heterocycles. The number of anilines is 1. The highest BCUT2D eigenvalue weighted by molar-refractivity contribution is 6.16. The van der Waals surface area contributed by atoms with Gasteiger partial charge in [-0.05, 0) is 37.5 Å². The van der Waals surface area contributed by atoms with Gasteiger partial charge < -0.3 is 10.1 Å². The number of aromatic nitrogens is 3. The van der Waals surface area contributed by atoms with Crippen molar-refractivity contribution in [1.29, 1.82) is 0 Å². The van der Waals surface area contributed by atoms with Crippen LogP contribution in [0.15, 0.2) is 29.6 Å². The molecule has 0 aliphatic carbocycles. The molecule has 4 rings (SSSR count). The van der Waals surface area contributed by atoms with Crippen molar-refractivity contribution in [3.63, 3.8) is 0 Å². The summed E-state index contributed by atoms with van der Waals surface area (Å²) < 4.78 is 5.43. The molecule has 2 aliphatic rings. The minimum absolute atomic E-state index is 0.400. The van der Waals surface area contributed by atoms with Crippen molar-refractivity contribution in [3.8, 4) is 0 Å². The fourth-order valence-electron chi connectivity index (χ4n) is 3.08. The van der Waals surface area contributed by atoms with Gasteiger partial charge in [0.05, 0.1) is 18.0 Å². The van der Waals surface area contributed by atoms with Crippen molar-refractivity contribution in [2.45, 2.75) is 32.4 Å². The highest BCUT2D eigenvalue weighted by atomic mass is 16.5. The van der Waals surface area contributed by atoms with Crippen LogP contribution in [0.25, 0.3) is 0 Å². The molecule has 6 nitrogen and oxygen atoms in total. The zero-order valence-corrected chi connectivity index (χ0v) is 13.1. The largest absolute Gasteiger partial charge is 0.381 e. The minimum Gasteiger partial charge on any atom is -0.381 e. The Hall–Kier alpha value is -2.34. The van der Waals surface area contributed by atoms with Crippen molar-refractivity contribution in [2.75, 3.05) is 18.5 Å². The molecule has 1 saturated heterocycles. The topological polar surface area (TPSA) is 72.3 Å². The van der Waals surface area contributed by atoms with Crippen molar-refractivity contribution in [2.24, 2.45) is 4.99 Å². The van der Waals surface area contributed by atoms with Crippen molar-refractivity contribution < 1.29 is 4.74 Å². The van der Waals surface area contributed by atoms with Gasteiger partial charge in [-0.2, -0.15) is 0 Å². The lowest BCUT2D eigenvalue weighted by Gasteiger charge is -2.24. The lowest BCUT2D eigenvalue weighted by Crippen LogP contribution is -2.29. The normalized spacial score (nSPS) is 17.7. The van der Waals surface area contributed by atoms with Gasteiger partial charge in [-0.25, -0.2) is 15.0 Å². The molecule has 23 heavy (non-hydrogen) atoms. The van der Waals surface area contributed by atoms with E-state index in [1.165, 1.54) is 5.56 Å². The third-order valence-corrected chi connectivity index (χ3v) is 4.29. The van der Waals surface area contributed by atoms with E-state index in [0.29, 0.717) is 12.6 Å². The number of hydrogen-bond donors (Lipinski definition) is 1. The Kier molecular flexibility index (Phi) is 3.75. The molecular weight excluding hydrogens is 290 g/mol.